The van der Waals surface area contributed by atoms with Crippen molar-refractivity contribution in [1.82, 2.24) is 0 Å². The summed E-state index contributed by atoms with van der Waals surface area (Å²) >= 11 is 0. The van der Waals surface area contributed by atoms with E-state index in [0.717, 1.165) is 24.0 Å². The van der Waals surface area contributed by atoms with Crippen LogP contribution in [0.4, 0.5) is 0 Å². The lowest BCUT2D eigenvalue weighted by molar-refractivity contribution is 0.541. The molecule has 1 aromatic carbocycles. The van der Waals surface area contributed by atoms with Crippen LogP contribution in [0.15, 0.2) is 82.9 Å². The van der Waals surface area contributed by atoms with Crippen molar-refractivity contribution in [2.45, 2.75) is 47.5 Å². The maximum atomic E-state index is 8.31. The van der Waals surface area contributed by atoms with Gasteiger partial charge in [-0.1, -0.05) is 68.5 Å². The SMILES string of the molecule is C=C/C=C\C(=C/C)C(=N)OC(=NC)c1ccccc1C1=CCCC(C)=C1C.CC. The molecule has 2 rings (SSSR count). The molecule has 0 aromatic heterocycles. The van der Waals surface area contributed by atoms with E-state index in [1.165, 1.54) is 16.7 Å². The molecule has 1 N–H and O–H groups in total. The van der Waals surface area contributed by atoms with E-state index in [0.29, 0.717) is 11.5 Å². The van der Waals surface area contributed by atoms with Crippen molar-refractivity contribution < 1.29 is 4.74 Å². The van der Waals surface area contributed by atoms with Gasteiger partial charge in [0.05, 0.1) is 0 Å². The smallest absolute Gasteiger partial charge is 0.224 e. The van der Waals surface area contributed by atoms with E-state index in [9.17, 15) is 0 Å². The number of nitrogens with one attached hydrogen (secondary N) is 1. The zero-order valence-corrected chi connectivity index (χ0v) is 18.7. The van der Waals surface area contributed by atoms with Crippen LogP contribution in [-0.4, -0.2) is 18.8 Å². The zero-order chi connectivity index (χ0) is 21.8. The Labute approximate surface area is 176 Å². The van der Waals surface area contributed by atoms with Crippen LogP contribution >= 0.6 is 0 Å². The summed E-state index contributed by atoms with van der Waals surface area (Å²) in [6, 6.07) is 8.09. The van der Waals surface area contributed by atoms with E-state index in [1.54, 1.807) is 25.3 Å². The maximum absolute atomic E-state index is 8.31. The molecule has 0 radical (unpaired) electrons. The lowest BCUT2D eigenvalue weighted by Crippen LogP contribution is -2.16. The molecular weight excluding hydrogens is 356 g/mol. The van der Waals surface area contributed by atoms with E-state index in [2.05, 4.69) is 37.6 Å². The molecule has 3 nitrogen and oxygen atoms in total. The molecule has 1 aliphatic carbocycles. The van der Waals surface area contributed by atoms with Crippen LogP contribution in [0.2, 0.25) is 0 Å². The number of ether oxygens (including phenoxy) is 1. The Kier molecular flexibility index (Phi) is 10.4. The van der Waals surface area contributed by atoms with Crippen molar-refractivity contribution in [3.8, 4) is 0 Å². The van der Waals surface area contributed by atoms with Crippen molar-refractivity contribution in [3.63, 3.8) is 0 Å². The Morgan fingerprint density at radius 3 is 2.52 bits per heavy atom. The Morgan fingerprint density at radius 1 is 1.21 bits per heavy atom. The topological polar surface area (TPSA) is 45.4 Å². The van der Waals surface area contributed by atoms with Crippen molar-refractivity contribution in [2.75, 3.05) is 7.05 Å². The van der Waals surface area contributed by atoms with E-state index < -0.39 is 0 Å². The number of benzene rings is 1. The first kappa shape index (κ1) is 24.1. The van der Waals surface area contributed by atoms with Crippen LogP contribution in [0, 0.1) is 5.41 Å². The minimum atomic E-state index is 0.0621. The van der Waals surface area contributed by atoms with Crippen molar-refractivity contribution in [2.24, 2.45) is 4.99 Å². The third-order valence-corrected chi connectivity index (χ3v) is 4.75. The molecule has 29 heavy (non-hydrogen) atoms. The summed E-state index contributed by atoms with van der Waals surface area (Å²) in [6.45, 7) is 13.9. The van der Waals surface area contributed by atoms with Gasteiger partial charge in [0.15, 0.2) is 0 Å². The van der Waals surface area contributed by atoms with Gasteiger partial charge < -0.3 is 4.74 Å². The van der Waals surface area contributed by atoms with Gasteiger partial charge in [0.25, 0.3) is 0 Å². The third kappa shape index (κ3) is 6.28. The van der Waals surface area contributed by atoms with Crippen LogP contribution in [0.25, 0.3) is 5.57 Å². The van der Waals surface area contributed by atoms with E-state index >= 15 is 0 Å². The van der Waals surface area contributed by atoms with E-state index in [-0.39, 0.29) is 5.90 Å². The standard InChI is InChI=1S/C24H28N2O.C2H6/c1-6-8-13-19(7-2)23(25)27-24(26-5)22-15-10-9-14-21(22)20-16-11-12-17(3)18(20)4;1-2/h6-10,13-16,25H,1,11-12H2,2-5H3;1-2H3/b13-8-,19-7+,25-23?,26-24?;. The maximum Gasteiger partial charge on any atom is 0.224 e. The monoisotopic (exact) mass is 390 g/mol. The van der Waals surface area contributed by atoms with Crippen molar-refractivity contribution >= 4 is 17.4 Å². The van der Waals surface area contributed by atoms with Crippen LogP contribution in [0.3, 0.4) is 0 Å². The molecule has 0 aliphatic heterocycles. The van der Waals surface area contributed by atoms with Crippen LogP contribution in [-0.2, 0) is 4.74 Å². The summed E-state index contributed by atoms with van der Waals surface area (Å²) in [7, 11) is 1.69. The second-order valence-electron chi connectivity index (χ2n) is 6.41. The number of hydrogen-bond acceptors (Lipinski definition) is 3. The summed E-state index contributed by atoms with van der Waals surface area (Å²) in [4.78, 5) is 4.33. The Bertz CT molecular complexity index is 880. The lowest BCUT2D eigenvalue weighted by Gasteiger charge is -2.20. The number of allylic oxidation sites excluding steroid dienone is 7. The summed E-state index contributed by atoms with van der Waals surface area (Å²) in [6.07, 6.45) is 11.5. The Hall–Kier alpha value is -2.94. The average molecular weight is 391 g/mol. The highest BCUT2D eigenvalue weighted by Crippen LogP contribution is 2.34. The zero-order valence-electron chi connectivity index (χ0n) is 18.7. The van der Waals surface area contributed by atoms with Crippen LogP contribution in [0.5, 0.6) is 0 Å². The quantitative estimate of drug-likeness (QED) is 0.320. The first-order chi connectivity index (χ1) is 14.0. The molecule has 0 fully saturated rings. The summed E-state index contributed by atoms with van der Waals surface area (Å²) in [5.41, 5.74) is 6.61. The molecule has 0 atom stereocenters. The van der Waals surface area contributed by atoms with Gasteiger partial charge in [0.1, 0.15) is 0 Å². The molecule has 1 aliphatic rings. The van der Waals surface area contributed by atoms with Crippen molar-refractivity contribution in [3.05, 3.63) is 89.1 Å². The van der Waals surface area contributed by atoms with Gasteiger partial charge >= 0.3 is 0 Å². The number of hydrogen-bond donors (Lipinski definition) is 1. The normalized spacial score (nSPS) is 14.9. The van der Waals surface area contributed by atoms with Gasteiger partial charge in [-0.25, -0.2) is 0 Å². The Morgan fingerprint density at radius 2 is 1.90 bits per heavy atom. The molecule has 0 amide bonds. The van der Waals surface area contributed by atoms with E-state index in [1.807, 2.05) is 45.0 Å². The molecule has 0 heterocycles. The minimum Gasteiger partial charge on any atom is -0.420 e. The van der Waals surface area contributed by atoms with E-state index in [4.69, 9.17) is 10.1 Å². The highest BCUT2D eigenvalue weighted by Gasteiger charge is 2.19. The first-order valence-electron chi connectivity index (χ1n) is 10.2. The predicted octanol–water partition coefficient (Wildman–Crippen LogP) is 7.29. The fourth-order valence-electron chi connectivity index (χ4n) is 3.07. The molecule has 0 bridgehead atoms. The fourth-order valence-corrected chi connectivity index (χ4v) is 3.07. The van der Waals surface area contributed by atoms with Gasteiger partial charge in [-0.2, -0.15) is 0 Å². The molecule has 1 aromatic rings. The number of rotatable bonds is 5. The predicted molar refractivity (Wildman–Crippen MR) is 128 cm³/mol. The van der Waals surface area contributed by atoms with Crippen LogP contribution in [0.1, 0.15) is 58.6 Å². The molecule has 0 saturated carbocycles. The summed E-state index contributed by atoms with van der Waals surface area (Å²) < 4.78 is 5.87. The molecular formula is C26H34N2O. The Balaban J connectivity index is 0.00000204. The lowest BCUT2D eigenvalue weighted by atomic mass is 9.86. The van der Waals surface area contributed by atoms with Gasteiger partial charge in [0, 0.05) is 18.2 Å². The number of nitrogens with zero attached hydrogens (tertiary/aromatic N) is 1. The van der Waals surface area contributed by atoms with Crippen molar-refractivity contribution in [1.29, 1.82) is 5.41 Å². The summed E-state index contributed by atoms with van der Waals surface area (Å²) in [5, 5.41) is 8.31. The first-order valence-corrected chi connectivity index (χ1v) is 10.2. The molecule has 0 saturated heterocycles. The summed E-state index contributed by atoms with van der Waals surface area (Å²) in [5.74, 6) is 0.506. The van der Waals surface area contributed by atoms with Gasteiger partial charge in [0.2, 0.25) is 11.8 Å². The second kappa shape index (κ2) is 12.5. The van der Waals surface area contributed by atoms with Gasteiger partial charge in [-0.05, 0) is 62.5 Å². The highest BCUT2D eigenvalue weighted by molar-refractivity contribution is 6.09. The molecule has 154 valence electrons. The number of aliphatic imine (C=N–C) groups is 1. The van der Waals surface area contributed by atoms with Gasteiger partial charge in [-0.15, -0.1) is 0 Å². The highest BCUT2D eigenvalue weighted by atomic mass is 16.5. The largest absolute Gasteiger partial charge is 0.420 e. The minimum absolute atomic E-state index is 0.0621. The van der Waals surface area contributed by atoms with Gasteiger partial charge in [-0.3, -0.25) is 10.4 Å². The average Bonchev–Trinajstić information content (AvgIpc) is 2.76. The fraction of sp³-hybridized carbons (Fsp3) is 0.308. The van der Waals surface area contributed by atoms with Crippen LogP contribution < -0.4 is 0 Å². The molecule has 3 heteroatoms. The third-order valence-electron chi connectivity index (χ3n) is 4.75. The second-order valence-corrected chi connectivity index (χ2v) is 6.41. The molecule has 0 spiro atoms. The molecule has 0 unspecified atom stereocenters.